The highest BCUT2D eigenvalue weighted by atomic mass is 32.1. The number of methoxy groups -OCH3 is 1. The van der Waals surface area contributed by atoms with Gasteiger partial charge in [0.2, 0.25) is 5.91 Å². The molecule has 1 amide bonds. The van der Waals surface area contributed by atoms with E-state index >= 15 is 0 Å². The van der Waals surface area contributed by atoms with Crippen molar-refractivity contribution in [1.29, 1.82) is 0 Å². The van der Waals surface area contributed by atoms with Gasteiger partial charge in [-0.1, -0.05) is 61.9 Å². The first kappa shape index (κ1) is 22.5. The van der Waals surface area contributed by atoms with Gasteiger partial charge in [-0.2, -0.15) is 0 Å². The maximum atomic E-state index is 12.5. The van der Waals surface area contributed by atoms with Crippen molar-refractivity contribution in [1.82, 2.24) is 0 Å². The van der Waals surface area contributed by atoms with Crippen LogP contribution in [0, 0.1) is 13.8 Å². The van der Waals surface area contributed by atoms with Crippen molar-refractivity contribution in [2.24, 2.45) is 0 Å². The average molecular weight is 434 g/mol. The standard InChI is InChI=1S/C26H27NO3S/c1-16(2)20-11-8-19(9-12-20)10-13-23(28)27-25-24(26(29)30-5)22(15-31-25)21-14-17(3)6-7-18(21)4/h6-16H,1-5H3,(H,27,28)/b13-10+. The lowest BCUT2D eigenvalue weighted by Gasteiger charge is -2.09. The normalized spacial score (nSPS) is 11.2. The molecular weight excluding hydrogens is 406 g/mol. The van der Waals surface area contributed by atoms with Crippen molar-refractivity contribution < 1.29 is 14.3 Å². The van der Waals surface area contributed by atoms with E-state index in [1.807, 2.05) is 49.6 Å². The molecule has 0 saturated carbocycles. The van der Waals surface area contributed by atoms with Gasteiger partial charge < -0.3 is 10.1 Å². The SMILES string of the molecule is COC(=O)c1c(-c2cc(C)ccc2C)csc1NC(=O)/C=C/c1ccc(C(C)C)cc1. The molecule has 160 valence electrons. The predicted octanol–water partition coefficient (Wildman–Crippen LogP) is 6.59. The number of aryl methyl sites for hydroxylation is 2. The Hall–Kier alpha value is -3.18. The Bertz CT molecular complexity index is 1120. The summed E-state index contributed by atoms with van der Waals surface area (Å²) in [6.45, 7) is 8.29. The number of esters is 1. The lowest BCUT2D eigenvalue weighted by Crippen LogP contribution is -2.11. The van der Waals surface area contributed by atoms with Crippen LogP contribution in [-0.4, -0.2) is 19.0 Å². The van der Waals surface area contributed by atoms with Crippen LogP contribution in [0.25, 0.3) is 17.2 Å². The van der Waals surface area contributed by atoms with E-state index < -0.39 is 5.97 Å². The zero-order valence-electron chi connectivity index (χ0n) is 18.5. The topological polar surface area (TPSA) is 55.4 Å². The van der Waals surface area contributed by atoms with Gasteiger partial charge in [0.05, 0.1) is 7.11 Å². The lowest BCUT2D eigenvalue weighted by molar-refractivity contribution is -0.111. The first-order chi connectivity index (χ1) is 14.8. The molecule has 0 aliphatic heterocycles. The van der Waals surface area contributed by atoms with Gasteiger partial charge in [-0.05, 0) is 48.1 Å². The molecule has 4 nitrogen and oxygen atoms in total. The van der Waals surface area contributed by atoms with Crippen LogP contribution in [0.1, 0.15) is 52.4 Å². The summed E-state index contributed by atoms with van der Waals surface area (Å²) < 4.78 is 5.01. The van der Waals surface area contributed by atoms with Gasteiger partial charge in [0, 0.05) is 17.0 Å². The molecule has 0 aliphatic rings. The highest BCUT2D eigenvalue weighted by molar-refractivity contribution is 7.15. The number of nitrogens with one attached hydrogen (secondary N) is 1. The largest absolute Gasteiger partial charge is 0.465 e. The third-order valence-electron chi connectivity index (χ3n) is 5.13. The Morgan fingerprint density at radius 3 is 2.39 bits per heavy atom. The lowest BCUT2D eigenvalue weighted by atomic mass is 9.97. The monoisotopic (exact) mass is 433 g/mol. The molecular formula is C26H27NO3S. The van der Waals surface area contributed by atoms with Gasteiger partial charge in [-0.25, -0.2) is 4.79 Å². The summed E-state index contributed by atoms with van der Waals surface area (Å²) in [5.74, 6) is -0.309. The molecule has 1 N–H and O–H groups in total. The van der Waals surface area contributed by atoms with Gasteiger partial charge in [-0.3, -0.25) is 4.79 Å². The van der Waals surface area contributed by atoms with Crippen molar-refractivity contribution in [3.8, 4) is 11.1 Å². The molecule has 0 fully saturated rings. The zero-order valence-corrected chi connectivity index (χ0v) is 19.3. The number of thiophene rings is 1. The van der Waals surface area contributed by atoms with Crippen molar-refractivity contribution in [2.75, 3.05) is 12.4 Å². The van der Waals surface area contributed by atoms with Crippen LogP contribution in [0.4, 0.5) is 5.00 Å². The van der Waals surface area contributed by atoms with Crippen LogP contribution in [-0.2, 0) is 9.53 Å². The number of carbonyl (C=O) groups is 2. The third kappa shape index (κ3) is 5.30. The van der Waals surface area contributed by atoms with E-state index in [9.17, 15) is 9.59 Å². The predicted molar refractivity (Wildman–Crippen MR) is 129 cm³/mol. The molecule has 0 bridgehead atoms. The minimum atomic E-state index is -0.472. The Balaban J connectivity index is 1.85. The molecule has 0 aliphatic carbocycles. The summed E-state index contributed by atoms with van der Waals surface area (Å²) in [6.07, 6.45) is 3.24. The fourth-order valence-corrected chi connectivity index (χ4v) is 4.25. The summed E-state index contributed by atoms with van der Waals surface area (Å²) >= 11 is 1.32. The molecule has 0 saturated heterocycles. The molecule has 2 aromatic carbocycles. The number of ether oxygens (including phenoxy) is 1. The first-order valence-electron chi connectivity index (χ1n) is 10.2. The first-order valence-corrected chi connectivity index (χ1v) is 11.0. The number of hydrogen-bond donors (Lipinski definition) is 1. The Kier molecular flexibility index (Phi) is 7.08. The van der Waals surface area contributed by atoms with E-state index in [0.717, 1.165) is 27.8 Å². The van der Waals surface area contributed by atoms with E-state index in [0.29, 0.717) is 16.5 Å². The van der Waals surface area contributed by atoms with E-state index in [2.05, 4.69) is 31.3 Å². The van der Waals surface area contributed by atoms with Gasteiger partial charge in [-0.15, -0.1) is 11.3 Å². The molecule has 0 radical (unpaired) electrons. The molecule has 0 atom stereocenters. The summed E-state index contributed by atoms with van der Waals surface area (Å²) in [5.41, 5.74) is 6.44. The maximum absolute atomic E-state index is 12.5. The van der Waals surface area contributed by atoms with Gasteiger partial charge in [0.25, 0.3) is 0 Å². The van der Waals surface area contributed by atoms with Crippen molar-refractivity contribution in [3.05, 3.63) is 81.7 Å². The van der Waals surface area contributed by atoms with Gasteiger partial charge >= 0.3 is 5.97 Å². The second-order valence-electron chi connectivity index (χ2n) is 7.81. The summed E-state index contributed by atoms with van der Waals surface area (Å²) in [5, 5.41) is 5.21. The molecule has 3 rings (SSSR count). The molecule has 3 aromatic rings. The fourth-order valence-electron chi connectivity index (χ4n) is 3.30. The number of anilines is 1. The molecule has 0 spiro atoms. The van der Waals surface area contributed by atoms with E-state index in [1.165, 1.54) is 30.1 Å². The molecule has 0 unspecified atom stereocenters. The van der Waals surface area contributed by atoms with Crippen molar-refractivity contribution in [3.63, 3.8) is 0 Å². The van der Waals surface area contributed by atoms with Gasteiger partial charge in [0.15, 0.2) is 0 Å². The van der Waals surface area contributed by atoms with Crippen LogP contribution in [0.2, 0.25) is 0 Å². The number of benzene rings is 2. The highest BCUT2D eigenvalue weighted by Crippen LogP contribution is 2.38. The summed E-state index contributed by atoms with van der Waals surface area (Å²) in [7, 11) is 1.35. The third-order valence-corrected chi connectivity index (χ3v) is 6.03. The van der Waals surface area contributed by atoms with Crippen molar-refractivity contribution >= 4 is 34.3 Å². The van der Waals surface area contributed by atoms with E-state index in [-0.39, 0.29) is 5.91 Å². The minimum absolute atomic E-state index is 0.299. The molecule has 1 aromatic heterocycles. The van der Waals surface area contributed by atoms with E-state index in [1.54, 1.807) is 6.08 Å². The summed E-state index contributed by atoms with van der Waals surface area (Å²) in [4.78, 5) is 25.1. The Morgan fingerprint density at radius 2 is 1.74 bits per heavy atom. The second kappa shape index (κ2) is 9.75. The number of carbonyl (C=O) groups excluding carboxylic acids is 2. The molecule has 5 heteroatoms. The highest BCUT2D eigenvalue weighted by Gasteiger charge is 2.22. The van der Waals surface area contributed by atoms with Gasteiger partial charge in [0.1, 0.15) is 10.6 Å². The number of rotatable bonds is 6. The Labute approximate surface area is 187 Å². The summed E-state index contributed by atoms with van der Waals surface area (Å²) in [6, 6.07) is 14.2. The van der Waals surface area contributed by atoms with Crippen LogP contribution < -0.4 is 5.32 Å². The second-order valence-corrected chi connectivity index (χ2v) is 8.69. The number of hydrogen-bond acceptors (Lipinski definition) is 4. The quantitative estimate of drug-likeness (QED) is 0.352. The minimum Gasteiger partial charge on any atom is -0.465 e. The molecule has 1 heterocycles. The van der Waals surface area contributed by atoms with Crippen LogP contribution in [0.5, 0.6) is 0 Å². The number of amides is 1. The van der Waals surface area contributed by atoms with Crippen LogP contribution >= 0.6 is 11.3 Å². The van der Waals surface area contributed by atoms with Crippen LogP contribution in [0.15, 0.2) is 53.9 Å². The smallest absolute Gasteiger partial charge is 0.341 e. The Morgan fingerprint density at radius 1 is 1.03 bits per heavy atom. The fraction of sp³-hybridized carbons (Fsp3) is 0.231. The van der Waals surface area contributed by atoms with Crippen LogP contribution in [0.3, 0.4) is 0 Å². The van der Waals surface area contributed by atoms with E-state index in [4.69, 9.17) is 4.74 Å². The average Bonchev–Trinajstić information content (AvgIpc) is 3.16. The molecule has 31 heavy (non-hydrogen) atoms. The zero-order chi connectivity index (χ0) is 22.5. The van der Waals surface area contributed by atoms with Crippen molar-refractivity contribution in [2.45, 2.75) is 33.6 Å². The maximum Gasteiger partial charge on any atom is 0.341 e.